The molecule has 2 nitrogen and oxygen atoms in total. The van der Waals surface area contributed by atoms with Crippen LogP contribution in [0.3, 0.4) is 0 Å². The van der Waals surface area contributed by atoms with Crippen molar-refractivity contribution in [2.75, 3.05) is 18.5 Å². The quantitative estimate of drug-likeness (QED) is 0.796. The summed E-state index contributed by atoms with van der Waals surface area (Å²) in [5.41, 5.74) is 2.70. The molecule has 0 aromatic heterocycles. The lowest BCUT2D eigenvalue weighted by molar-refractivity contribution is 0.588. The third-order valence-electron chi connectivity index (χ3n) is 2.58. The van der Waals surface area contributed by atoms with Crippen LogP contribution in [-0.2, 0) is 6.54 Å². The topological polar surface area (TPSA) is 15.3 Å². The normalized spacial score (nSPS) is 10.7. The summed E-state index contributed by atoms with van der Waals surface area (Å²) in [6.45, 7) is 8.50. The van der Waals surface area contributed by atoms with E-state index in [9.17, 15) is 0 Å². The molecule has 1 rings (SSSR count). The number of hydrogen-bond donors (Lipinski definition) is 1. The van der Waals surface area contributed by atoms with Gasteiger partial charge in [0.1, 0.15) is 0 Å². The van der Waals surface area contributed by atoms with Crippen LogP contribution in [0.4, 0.5) is 5.69 Å². The van der Waals surface area contributed by atoms with Crippen LogP contribution in [0.15, 0.2) is 24.3 Å². The molecule has 0 heterocycles. The largest absolute Gasteiger partial charge is 0.375 e. The number of rotatable bonds is 5. The van der Waals surface area contributed by atoms with Gasteiger partial charge >= 0.3 is 0 Å². The molecule has 1 aromatic rings. The van der Waals surface area contributed by atoms with Crippen molar-refractivity contribution in [1.29, 1.82) is 0 Å². The highest BCUT2D eigenvalue weighted by Gasteiger charge is 2.04. The van der Waals surface area contributed by atoms with Crippen molar-refractivity contribution in [3.8, 4) is 0 Å². The van der Waals surface area contributed by atoms with Crippen molar-refractivity contribution >= 4 is 5.69 Å². The van der Waals surface area contributed by atoms with E-state index in [1.807, 2.05) is 0 Å². The summed E-state index contributed by atoms with van der Waals surface area (Å²) < 4.78 is 0. The summed E-state index contributed by atoms with van der Waals surface area (Å²) >= 11 is 0. The zero-order valence-corrected chi connectivity index (χ0v) is 10.2. The first-order valence-electron chi connectivity index (χ1n) is 5.67. The molecule has 0 amide bonds. The first-order chi connectivity index (χ1) is 7.15. The van der Waals surface area contributed by atoms with Crippen LogP contribution in [-0.4, -0.2) is 19.6 Å². The smallest absolute Gasteiger partial charge is 0.0409 e. The molecule has 0 saturated carbocycles. The van der Waals surface area contributed by atoms with Gasteiger partial charge in [0.25, 0.3) is 0 Å². The molecule has 1 aromatic carbocycles. The predicted molar refractivity (Wildman–Crippen MR) is 67.4 cm³/mol. The van der Waals surface area contributed by atoms with Crippen molar-refractivity contribution in [2.24, 2.45) is 0 Å². The van der Waals surface area contributed by atoms with Crippen LogP contribution in [0.1, 0.15) is 26.3 Å². The van der Waals surface area contributed by atoms with E-state index in [-0.39, 0.29) is 0 Å². The molecule has 0 unspecified atom stereocenters. The second-order valence-corrected chi connectivity index (χ2v) is 4.18. The SMILES string of the molecule is CCN(C)c1ccccc1CNC(C)C. The van der Waals surface area contributed by atoms with E-state index in [0.29, 0.717) is 6.04 Å². The van der Waals surface area contributed by atoms with E-state index < -0.39 is 0 Å². The molecule has 0 bridgehead atoms. The molecule has 0 aliphatic carbocycles. The number of anilines is 1. The van der Waals surface area contributed by atoms with Crippen molar-refractivity contribution in [3.05, 3.63) is 29.8 Å². The van der Waals surface area contributed by atoms with Gasteiger partial charge in [-0.2, -0.15) is 0 Å². The Morgan fingerprint density at radius 2 is 1.93 bits per heavy atom. The number of benzene rings is 1. The first kappa shape index (κ1) is 12.1. The molecule has 0 aliphatic rings. The van der Waals surface area contributed by atoms with E-state index in [1.165, 1.54) is 11.3 Å². The van der Waals surface area contributed by atoms with Crippen LogP contribution >= 0.6 is 0 Å². The highest BCUT2D eigenvalue weighted by molar-refractivity contribution is 5.52. The van der Waals surface area contributed by atoms with Gasteiger partial charge in [0.2, 0.25) is 0 Å². The summed E-state index contributed by atoms with van der Waals surface area (Å²) in [7, 11) is 2.13. The third kappa shape index (κ3) is 3.56. The lowest BCUT2D eigenvalue weighted by Gasteiger charge is -2.21. The van der Waals surface area contributed by atoms with Gasteiger partial charge in [0.05, 0.1) is 0 Å². The van der Waals surface area contributed by atoms with E-state index in [4.69, 9.17) is 0 Å². The molecule has 0 spiro atoms. The predicted octanol–water partition coefficient (Wildman–Crippen LogP) is 2.64. The van der Waals surface area contributed by atoms with E-state index in [2.05, 4.69) is 62.3 Å². The Hall–Kier alpha value is -1.02. The second-order valence-electron chi connectivity index (χ2n) is 4.18. The Morgan fingerprint density at radius 1 is 1.27 bits per heavy atom. The zero-order valence-electron chi connectivity index (χ0n) is 10.2. The Labute approximate surface area is 93.3 Å². The van der Waals surface area contributed by atoms with Gasteiger partial charge in [-0.25, -0.2) is 0 Å². The maximum absolute atomic E-state index is 3.45. The van der Waals surface area contributed by atoms with Crippen molar-refractivity contribution in [3.63, 3.8) is 0 Å². The molecule has 84 valence electrons. The van der Waals surface area contributed by atoms with E-state index in [1.54, 1.807) is 0 Å². The van der Waals surface area contributed by atoms with Crippen LogP contribution in [0.5, 0.6) is 0 Å². The fourth-order valence-electron chi connectivity index (χ4n) is 1.52. The Kier molecular flexibility index (Phi) is 4.63. The summed E-state index contributed by atoms with van der Waals surface area (Å²) in [4.78, 5) is 2.28. The zero-order chi connectivity index (χ0) is 11.3. The minimum atomic E-state index is 0.532. The number of hydrogen-bond acceptors (Lipinski definition) is 2. The van der Waals surface area contributed by atoms with Crippen LogP contribution in [0.25, 0.3) is 0 Å². The number of nitrogens with one attached hydrogen (secondary N) is 1. The van der Waals surface area contributed by atoms with Gasteiger partial charge < -0.3 is 10.2 Å². The van der Waals surface area contributed by atoms with E-state index in [0.717, 1.165) is 13.1 Å². The molecular weight excluding hydrogens is 184 g/mol. The molecule has 2 heteroatoms. The standard InChI is InChI=1S/C13H22N2/c1-5-15(4)13-9-7-6-8-12(13)10-14-11(2)3/h6-9,11,14H,5,10H2,1-4H3. The molecule has 0 aliphatic heterocycles. The van der Waals surface area contributed by atoms with Crippen molar-refractivity contribution in [1.82, 2.24) is 5.32 Å². The van der Waals surface area contributed by atoms with Gasteiger partial charge in [-0.3, -0.25) is 0 Å². The molecule has 0 fully saturated rings. The summed E-state index contributed by atoms with van der Waals surface area (Å²) in [6, 6.07) is 9.10. The average Bonchev–Trinajstić information content (AvgIpc) is 2.25. The first-order valence-corrected chi connectivity index (χ1v) is 5.67. The maximum Gasteiger partial charge on any atom is 0.0409 e. The second kappa shape index (κ2) is 5.76. The van der Waals surface area contributed by atoms with Crippen LogP contribution in [0.2, 0.25) is 0 Å². The number of para-hydroxylation sites is 1. The molecule has 15 heavy (non-hydrogen) atoms. The Bertz CT molecular complexity index is 294. The average molecular weight is 206 g/mol. The van der Waals surface area contributed by atoms with Gasteiger partial charge in [-0.15, -0.1) is 0 Å². The molecular formula is C13H22N2. The fraction of sp³-hybridized carbons (Fsp3) is 0.538. The molecule has 0 saturated heterocycles. The van der Waals surface area contributed by atoms with Crippen molar-refractivity contribution < 1.29 is 0 Å². The van der Waals surface area contributed by atoms with Gasteiger partial charge in [-0.1, -0.05) is 32.0 Å². The molecule has 1 N–H and O–H groups in total. The van der Waals surface area contributed by atoms with Crippen LogP contribution < -0.4 is 10.2 Å². The Morgan fingerprint density at radius 3 is 2.53 bits per heavy atom. The molecule has 0 radical (unpaired) electrons. The maximum atomic E-state index is 3.45. The lowest BCUT2D eigenvalue weighted by atomic mass is 10.1. The van der Waals surface area contributed by atoms with E-state index >= 15 is 0 Å². The lowest BCUT2D eigenvalue weighted by Crippen LogP contribution is -2.24. The number of nitrogens with zero attached hydrogens (tertiary/aromatic N) is 1. The third-order valence-corrected chi connectivity index (χ3v) is 2.58. The highest BCUT2D eigenvalue weighted by Crippen LogP contribution is 2.18. The highest BCUT2D eigenvalue weighted by atomic mass is 15.1. The molecule has 0 atom stereocenters. The summed E-state index contributed by atoms with van der Waals surface area (Å²) in [5, 5.41) is 3.45. The monoisotopic (exact) mass is 206 g/mol. The summed E-state index contributed by atoms with van der Waals surface area (Å²) in [6.07, 6.45) is 0. The summed E-state index contributed by atoms with van der Waals surface area (Å²) in [5.74, 6) is 0. The Balaban J connectivity index is 2.77. The minimum Gasteiger partial charge on any atom is -0.375 e. The van der Waals surface area contributed by atoms with Gasteiger partial charge in [0.15, 0.2) is 0 Å². The van der Waals surface area contributed by atoms with Gasteiger partial charge in [-0.05, 0) is 18.6 Å². The van der Waals surface area contributed by atoms with Crippen LogP contribution in [0, 0.1) is 0 Å². The van der Waals surface area contributed by atoms with Gasteiger partial charge in [0, 0.05) is 31.9 Å². The minimum absolute atomic E-state index is 0.532. The van der Waals surface area contributed by atoms with Crippen molar-refractivity contribution in [2.45, 2.75) is 33.4 Å². The fourth-order valence-corrected chi connectivity index (χ4v) is 1.52.